The van der Waals surface area contributed by atoms with Crippen LogP contribution in [0.4, 0.5) is 0 Å². The van der Waals surface area contributed by atoms with Gasteiger partial charge in [-0.15, -0.1) is 12.4 Å². The second kappa shape index (κ2) is 5.43. The van der Waals surface area contributed by atoms with Gasteiger partial charge in [0, 0.05) is 26.2 Å². The van der Waals surface area contributed by atoms with Crippen molar-refractivity contribution < 1.29 is 4.74 Å². The number of hydrogen-bond donors (Lipinski definition) is 1. The van der Waals surface area contributed by atoms with Gasteiger partial charge in [0.25, 0.3) is 0 Å². The molecule has 2 unspecified atom stereocenters. The first-order valence-electron chi connectivity index (χ1n) is 6.50. The summed E-state index contributed by atoms with van der Waals surface area (Å²) in [5, 5.41) is 3.48. The van der Waals surface area contributed by atoms with Gasteiger partial charge in [0.15, 0.2) is 0 Å². The fourth-order valence-electron chi connectivity index (χ4n) is 3.25. The minimum absolute atomic E-state index is 0. The van der Waals surface area contributed by atoms with Gasteiger partial charge in [0.2, 0.25) is 0 Å². The predicted octanol–water partition coefficient (Wildman–Crippen LogP) is 1.91. The summed E-state index contributed by atoms with van der Waals surface area (Å²) in [4.78, 5) is 2.58. The number of ether oxygens (including phenoxy) is 1. The summed E-state index contributed by atoms with van der Waals surface area (Å²) in [7, 11) is 0. The zero-order valence-electron chi connectivity index (χ0n) is 11.6. The number of nitrogens with zero attached hydrogens (tertiary/aromatic N) is 1. The predicted molar refractivity (Wildman–Crippen MR) is 73.9 cm³/mol. The standard InChI is InChI=1S/C13H26N2O.ClH/c1-11-7-15(9-12(2,3)16-11)10-13(4)5-6-14-8-13;/h11,14H,5-10H2,1-4H3;1H. The lowest BCUT2D eigenvalue weighted by atomic mass is 9.88. The Hall–Kier alpha value is 0.170. The highest BCUT2D eigenvalue weighted by atomic mass is 35.5. The summed E-state index contributed by atoms with van der Waals surface area (Å²) in [6.07, 6.45) is 1.67. The van der Waals surface area contributed by atoms with Gasteiger partial charge in [0.05, 0.1) is 11.7 Å². The van der Waals surface area contributed by atoms with Crippen LogP contribution in [0.3, 0.4) is 0 Å². The first-order valence-corrected chi connectivity index (χ1v) is 6.50. The van der Waals surface area contributed by atoms with Gasteiger partial charge in [-0.25, -0.2) is 0 Å². The minimum Gasteiger partial charge on any atom is -0.370 e. The van der Waals surface area contributed by atoms with Crippen LogP contribution in [0.5, 0.6) is 0 Å². The molecule has 0 radical (unpaired) electrons. The van der Waals surface area contributed by atoms with Crippen LogP contribution in [-0.2, 0) is 4.74 Å². The highest BCUT2D eigenvalue weighted by Crippen LogP contribution is 2.29. The van der Waals surface area contributed by atoms with Crippen molar-refractivity contribution >= 4 is 12.4 Å². The largest absolute Gasteiger partial charge is 0.370 e. The smallest absolute Gasteiger partial charge is 0.0757 e. The second-order valence-electron chi connectivity index (χ2n) is 6.60. The van der Waals surface area contributed by atoms with Crippen LogP contribution in [0.1, 0.15) is 34.1 Å². The summed E-state index contributed by atoms with van der Waals surface area (Å²) >= 11 is 0. The molecule has 3 nitrogen and oxygen atoms in total. The average Bonchev–Trinajstić information content (AvgIpc) is 2.47. The van der Waals surface area contributed by atoms with E-state index in [2.05, 4.69) is 37.9 Å². The summed E-state index contributed by atoms with van der Waals surface area (Å²) < 4.78 is 5.94. The van der Waals surface area contributed by atoms with Gasteiger partial charge < -0.3 is 10.1 Å². The number of rotatable bonds is 2. The zero-order chi connectivity index (χ0) is 11.8. The molecular weight excluding hydrogens is 236 g/mol. The summed E-state index contributed by atoms with van der Waals surface area (Å²) in [5.41, 5.74) is 0.479. The lowest BCUT2D eigenvalue weighted by Gasteiger charge is -2.44. The molecule has 4 heteroatoms. The highest BCUT2D eigenvalue weighted by Gasteiger charge is 2.36. The van der Waals surface area contributed by atoms with E-state index in [0.717, 1.165) is 13.1 Å². The van der Waals surface area contributed by atoms with E-state index in [4.69, 9.17) is 4.74 Å². The van der Waals surface area contributed by atoms with E-state index in [1.165, 1.54) is 26.1 Å². The van der Waals surface area contributed by atoms with Crippen molar-refractivity contribution in [3.8, 4) is 0 Å². The Morgan fingerprint density at radius 2 is 2.06 bits per heavy atom. The zero-order valence-corrected chi connectivity index (χ0v) is 12.4. The van der Waals surface area contributed by atoms with Crippen LogP contribution >= 0.6 is 12.4 Å². The fraction of sp³-hybridized carbons (Fsp3) is 1.00. The monoisotopic (exact) mass is 262 g/mol. The average molecular weight is 263 g/mol. The molecule has 0 aromatic heterocycles. The number of morpholine rings is 1. The van der Waals surface area contributed by atoms with E-state index in [1.54, 1.807) is 0 Å². The van der Waals surface area contributed by atoms with Crippen LogP contribution in [0.25, 0.3) is 0 Å². The lowest BCUT2D eigenvalue weighted by Crippen LogP contribution is -2.54. The van der Waals surface area contributed by atoms with E-state index >= 15 is 0 Å². The topological polar surface area (TPSA) is 24.5 Å². The van der Waals surface area contributed by atoms with Gasteiger partial charge in [0.1, 0.15) is 0 Å². The Morgan fingerprint density at radius 3 is 2.59 bits per heavy atom. The molecule has 2 heterocycles. The molecule has 2 aliphatic heterocycles. The SMILES string of the molecule is CC1CN(CC2(C)CCNC2)CC(C)(C)O1.Cl. The molecule has 2 rings (SSSR count). The molecule has 1 N–H and O–H groups in total. The van der Waals surface area contributed by atoms with Crippen LogP contribution in [0.2, 0.25) is 0 Å². The maximum atomic E-state index is 5.94. The summed E-state index contributed by atoms with van der Waals surface area (Å²) in [6, 6.07) is 0. The van der Waals surface area contributed by atoms with E-state index in [-0.39, 0.29) is 18.0 Å². The Kier molecular flexibility index (Phi) is 4.87. The normalized spacial score (nSPS) is 37.8. The third-order valence-corrected chi connectivity index (χ3v) is 3.70. The van der Waals surface area contributed by atoms with Crippen molar-refractivity contribution in [2.45, 2.75) is 45.8 Å². The van der Waals surface area contributed by atoms with Crippen LogP contribution < -0.4 is 5.32 Å². The van der Waals surface area contributed by atoms with Crippen molar-refractivity contribution in [1.82, 2.24) is 10.2 Å². The van der Waals surface area contributed by atoms with Crippen LogP contribution in [0, 0.1) is 5.41 Å². The Labute approximate surface area is 112 Å². The molecule has 0 saturated carbocycles. The number of hydrogen-bond acceptors (Lipinski definition) is 3. The van der Waals surface area contributed by atoms with Gasteiger partial charge in [-0.3, -0.25) is 4.90 Å². The van der Waals surface area contributed by atoms with Gasteiger partial charge in [-0.05, 0) is 39.2 Å². The third-order valence-electron chi connectivity index (χ3n) is 3.70. The maximum absolute atomic E-state index is 5.94. The van der Waals surface area contributed by atoms with Crippen molar-refractivity contribution in [1.29, 1.82) is 0 Å². The minimum atomic E-state index is 0. The maximum Gasteiger partial charge on any atom is 0.0757 e. The molecule has 0 aromatic rings. The van der Waals surface area contributed by atoms with Gasteiger partial charge in [-0.2, -0.15) is 0 Å². The quantitative estimate of drug-likeness (QED) is 0.823. The molecule has 0 amide bonds. The number of nitrogens with one attached hydrogen (secondary N) is 1. The Bertz CT molecular complexity index is 252. The molecule has 0 aliphatic carbocycles. The molecule has 0 bridgehead atoms. The van der Waals surface area contributed by atoms with Crippen molar-refractivity contribution in [2.75, 3.05) is 32.7 Å². The van der Waals surface area contributed by atoms with E-state index in [1.807, 2.05) is 0 Å². The van der Waals surface area contributed by atoms with Gasteiger partial charge >= 0.3 is 0 Å². The Balaban J connectivity index is 0.00000144. The van der Waals surface area contributed by atoms with Crippen LogP contribution in [0.15, 0.2) is 0 Å². The molecular formula is C13H27ClN2O. The van der Waals surface area contributed by atoms with Crippen molar-refractivity contribution in [3.63, 3.8) is 0 Å². The fourth-order valence-corrected chi connectivity index (χ4v) is 3.25. The van der Waals surface area contributed by atoms with E-state index < -0.39 is 0 Å². The molecule has 17 heavy (non-hydrogen) atoms. The first-order chi connectivity index (χ1) is 7.39. The molecule has 0 spiro atoms. The van der Waals surface area contributed by atoms with E-state index in [9.17, 15) is 0 Å². The molecule has 2 fully saturated rings. The van der Waals surface area contributed by atoms with Crippen LogP contribution in [-0.4, -0.2) is 49.3 Å². The molecule has 102 valence electrons. The molecule has 0 aromatic carbocycles. The molecule has 2 saturated heterocycles. The van der Waals surface area contributed by atoms with E-state index in [0.29, 0.717) is 11.5 Å². The second-order valence-corrected chi connectivity index (χ2v) is 6.60. The summed E-state index contributed by atoms with van der Waals surface area (Å²) in [6.45, 7) is 14.7. The Morgan fingerprint density at radius 1 is 1.35 bits per heavy atom. The number of halogens is 1. The molecule has 2 atom stereocenters. The van der Waals surface area contributed by atoms with Crippen molar-refractivity contribution in [2.24, 2.45) is 5.41 Å². The lowest BCUT2D eigenvalue weighted by molar-refractivity contribution is -0.133. The van der Waals surface area contributed by atoms with Crippen molar-refractivity contribution in [3.05, 3.63) is 0 Å². The summed E-state index contributed by atoms with van der Waals surface area (Å²) in [5.74, 6) is 0. The van der Waals surface area contributed by atoms with Gasteiger partial charge in [-0.1, -0.05) is 6.92 Å². The molecule has 2 aliphatic rings. The third kappa shape index (κ3) is 4.09. The first kappa shape index (κ1) is 15.2. The highest BCUT2D eigenvalue weighted by molar-refractivity contribution is 5.85.